The maximum atomic E-state index is 12.2. The molecule has 1 atom stereocenters. The molecule has 1 N–H and O–H groups in total. The van der Waals surface area contributed by atoms with E-state index in [-0.39, 0.29) is 5.91 Å². The van der Waals surface area contributed by atoms with E-state index in [1.807, 2.05) is 30.3 Å². The molecular formula is C14H13BrN2O2. The van der Waals surface area contributed by atoms with Gasteiger partial charge >= 0.3 is 0 Å². The Balaban J connectivity index is 2.14. The van der Waals surface area contributed by atoms with Crippen LogP contribution in [-0.4, -0.2) is 18.0 Å². The van der Waals surface area contributed by atoms with Crippen molar-refractivity contribution in [3.8, 4) is 0 Å². The third-order valence-corrected chi connectivity index (χ3v) is 3.04. The van der Waals surface area contributed by atoms with Crippen LogP contribution in [0, 0.1) is 0 Å². The number of anilines is 1. The van der Waals surface area contributed by atoms with E-state index >= 15 is 0 Å². The lowest BCUT2D eigenvalue weighted by atomic mass is 10.1. The predicted molar refractivity (Wildman–Crippen MR) is 76.8 cm³/mol. The van der Waals surface area contributed by atoms with Crippen molar-refractivity contribution in [2.75, 3.05) is 12.4 Å². The Morgan fingerprint density at radius 2 is 2.05 bits per heavy atom. The van der Waals surface area contributed by atoms with Crippen molar-refractivity contribution in [3.05, 3.63) is 58.7 Å². The van der Waals surface area contributed by atoms with E-state index in [0.717, 1.165) is 10.0 Å². The summed E-state index contributed by atoms with van der Waals surface area (Å²) in [4.78, 5) is 16.2. The van der Waals surface area contributed by atoms with Crippen molar-refractivity contribution >= 4 is 27.7 Å². The van der Waals surface area contributed by atoms with E-state index in [1.165, 1.54) is 7.11 Å². The van der Waals surface area contributed by atoms with Gasteiger partial charge in [-0.2, -0.15) is 0 Å². The molecule has 4 nitrogen and oxygen atoms in total. The molecule has 5 heteroatoms. The SMILES string of the molecule is COC(C(=O)Nc1cc(Br)ccn1)c1ccccc1. The van der Waals surface area contributed by atoms with Gasteiger partial charge in [0.15, 0.2) is 6.10 Å². The van der Waals surface area contributed by atoms with Crippen molar-refractivity contribution in [3.63, 3.8) is 0 Å². The predicted octanol–water partition coefficient (Wildman–Crippen LogP) is 3.17. The Morgan fingerprint density at radius 1 is 1.32 bits per heavy atom. The van der Waals surface area contributed by atoms with Crippen LogP contribution >= 0.6 is 15.9 Å². The molecule has 98 valence electrons. The zero-order valence-corrected chi connectivity index (χ0v) is 11.9. The fraction of sp³-hybridized carbons (Fsp3) is 0.143. The fourth-order valence-corrected chi connectivity index (χ4v) is 2.02. The van der Waals surface area contributed by atoms with Crippen molar-refractivity contribution < 1.29 is 9.53 Å². The van der Waals surface area contributed by atoms with Crippen LogP contribution in [0.1, 0.15) is 11.7 Å². The molecule has 19 heavy (non-hydrogen) atoms. The van der Waals surface area contributed by atoms with Crippen molar-refractivity contribution in [2.24, 2.45) is 0 Å². The Labute approximate surface area is 119 Å². The Morgan fingerprint density at radius 3 is 2.68 bits per heavy atom. The molecule has 1 aromatic heterocycles. The van der Waals surface area contributed by atoms with Gasteiger partial charge in [0, 0.05) is 17.8 Å². The standard InChI is InChI=1S/C14H13BrN2O2/c1-19-13(10-5-3-2-4-6-10)14(18)17-12-9-11(15)7-8-16-12/h2-9,13H,1H3,(H,16,17,18). The molecule has 0 aliphatic rings. The van der Waals surface area contributed by atoms with E-state index in [2.05, 4.69) is 26.2 Å². The first-order valence-electron chi connectivity index (χ1n) is 5.71. The second-order valence-electron chi connectivity index (χ2n) is 3.87. The highest BCUT2D eigenvalue weighted by Crippen LogP contribution is 2.19. The first kappa shape index (κ1) is 13.7. The van der Waals surface area contributed by atoms with Gasteiger partial charge in [-0.1, -0.05) is 46.3 Å². The number of pyridine rings is 1. The highest BCUT2D eigenvalue weighted by molar-refractivity contribution is 9.10. The van der Waals surface area contributed by atoms with Gasteiger partial charge in [0.05, 0.1) is 0 Å². The average molecular weight is 321 g/mol. The zero-order chi connectivity index (χ0) is 13.7. The van der Waals surface area contributed by atoms with Crippen LogP contribution in [0.2, 0.25) is 0 Å². The molecule has 0 aliphatic carbocycles. The summed E-state index contributed by atoms with van der Waals surface area (Å²) in [6.45, 7) is 0. The number of rotatable bonds is 4. The van der Waals surface area contributed by atoms with Gasteiger partial charge in [-0.25, -0.2) is 4.98 Å². The van der Waals surface area contributed by atoms with Crippen LogP contribution in [0.3, 0.4) is 0 Å². The van der Waals surface area contributed by atoms with Gasteiger partial charge in [0.25, 0.3) is 5.91 Å². The number of hydrogen-bond acceptors (Lipinski definition) is 3. The summed E-state index contributed by atoms with van der Waals surface area (Å²) in [6, 6.07) is 12.8. The second kappa shape index (κ2) is 6.45. The summed E-state index contributed by atoms with van der Waals surface area (Å²) in [5, 5.41) is 2.73. The number of carbonyl (C=O) groups excluding carboxylic acids is 1. The summed E-state index contributed by atoms with van der Waals surface area (Å²) >= 11 is 3.33. The third kappa shape index (κ3) is 3.62. The minimum atomic E-state index is -0.651. The normalized spacial score (nSPS) is 11.9. The Hall–Kier alpha value is -1.72. The lowest BCUT2D eigenvalue weighted by molar-refractivity contribution is -0.126. The molecule has 1 amide bonds. The van der Waals surface area contributed by atoms with Crippen LogP contribution in [0.5, 0.6) is 0 Å². The van der Waals surface area contributed by atoms with Gasteiger partial charge in [-0.05, 0) is 17.7 Å². The van der Waals surface area contributed by atoms with Gasteiger partial charge < -0.3 is 10.1 Å². The van der Waals surface area contributed by atoms with E-state index in [1.54, 1.807) is 18.3 Å². The number of carbonyl (C=O) groups is 1. The summed E-state index contributed by atoms with van der Waals surface area (Å²) < 4.78 is 6.10. The summed E-state index contributed by atoms with van der Waals surface area (Å²) in [7, 11) is 1.51. The fourth-order valence-electron chi connectivity index (χ4n) is 1.69. The quantitative estimate of drug-likeness (QED) is 0.941. The van der Waals surface area contributed by atoms with Crippen molar-refractivity contribution in [2.45, 2.75) is 6.10 Å². The lowest BCUT2D eigenvalue weighted by Gasteiger charge is -2.15. The van der Waals surface area contributed by atoms with Gasteiger partial charge in [0.2, 0.25) is 0 Å². The summed E-state index contributed by atoms with van der Waals surface area (Å²) in [6.07, 6.45) is 0.964. The Bertz CT molecular complexity index is 560. The first-order valence-corrected chi connectivity index (χ1v) is 6.50. The van der Waals surface area contributed by atoms with Crippen LogP contribution in [0.4, 0.5) is 5.82 Å². The molecular weight excluding hydrogens is 308 g/mol. The molecule has 0 aliphatic heterocycles. The number of aromatic nitrogens is 1. The summed E-state index contributed by atoms with van der Waals surface area (Å²) in [5.74, 6) is 0.233. The smallest absolute Gasteiger partial charge is 0.259 e. The second-order valence-corrected chi connectivity index (χ2v) is 4.79. The lowest BCUT2D eigenvalue weighted by Crippen LogP contribution is -2.23. The molecule has 2 aromatic rings. The zero-order valence-electron chi connectivity index (χ0n) is 10.3. The van der Waals surface area contributed by atoms with E-state index in [9.17, 15) is 4.79 Å². The minimum absolute atomic E-state index is 0.251. The van der Waals surface area contributed by atoms with Crippen LogP contribution in [-0.2, 0) is 9.53 Å². The van der Waals surface area contributed by atoms with Gasteiger partial charge in [0.1, 0.15) is 5.82 Å². The van der Waals surface area contributed by atoms with Crippen molar-refractivity contribution in [1.29, 1.82) is 0 Å². The number of nitrogens with zero attached hydrogens (tertiary/aromatic N) is 1. The van der Waals surface area contributed by atoms with Crippen molar-refractivity contribution in [1.82, 2.24) is 4.98 Å². The van der Waals surface area contributed by atoms with Crippen LogP contribution in [0.15, 0.2) is 53.1 Å². The van der Waals surface area contributed by atoms with E-state index < -0.39 is 6.10 Å². The van der Waals surface area contributed by atoms with Gasteiger partial charge in [-0.15, -0.1) is 0 Å². The average Bonchev–Trinajstić information content (AvgIpc) is 2.41. The molecule has 0 saturated heterocycles. The molecule has 1 heterocycles. The van der Waals surface area contributed by atoms with Crippen LogP contribution < -0.4 is 5.32 Å². The molecule has 0 spiro atoms. The monoisotopic (exact) mass is 320 g/mol. The number of benzene rings is 1. The molecule has 0 bridgehead atoms. The Kier molecular flexibility index (Phi) is 4.65. The number of hydrogen-bond donors (Lipinski definition) is 1. The number of ether oxygens (including phenoxy) is 1. The van der Waals surface area contributed by atoms with E-state index in [0.29, 0.717) is 5.82 Å². The number of methoxy groups -OCH3 is 1. The van der Waals surface area contributed by atoms with Crippen LogP contribution in [0.25, 0.3) is 0 Å². The molecule has 1 aromatic carbocycles. The summed E-state index contributed by atoms with van der Waals surface area (Å²) in [5.41, 5.74) is 0.803. The third-order valence-electron chi connectivity index (χ3n) is 2.55. The number of nitrogens with one attached hydrogen (secondary N) is 1. The molecule has 0 radical (unpaired) electrons. The maximum absolute atomic E-state index is 12.2. The van der Waals surface area contributed by atoms with E-state index in [4.69, 9.17) is 4.74 Å². The highest BCUT2D eigenvalue weighted by Gasteiger charge is 2.20. The molecule has 0 saturated carbocycles. The molecule has 2 rings (SSSR count). The topological polar surface area (TPSA) is 51.2 Å². The largest absolute Gasteiger partial charge is 0.367 e. The number of amides is 1. The minimum Gasteiger partial charge on any atom is -0.367 e. The first-order chi connectivity index (χ1) is 9.20. The highest BCUT2D eigenvalue weighted by atomic mass is 79.9. The van der Waals surface area contributed by atoms with Gasteiger partial charge in [-0.3, -0.25) is 4.79 Å². The molecule has 0 fully saturated rings. The molecule has 1 unspecified atom stereocenters. The maximum Gasteiger partial charge on any atom is 0.259 e. The number of halogens is 1.